The third-order valence-corrected chi connectivity index (χ3v) is 7.68. The van der Waals surface area contributed by atoms with Gasteiger partial charge in [-0.2, -0.15) is 4.31 Å². The first-order chi connectivity index (χ1) is 13.5. The highest BCUT2D eigenvalue weighted by molar-refractivity contribution is 7.89. The summed E-state index contributed by atoms with van der Waals surface area (Å²) in [4.78, 5) is 0.204. The minimum Gasteiger partial charge on any atom is -0.379 e. The van der Waals surface area contributed by atoms with Crippen LogP contribution >= 0.6 is 23.8 Å². The van der Waals surface area contributed by atoms with Gasteiger partial charge < -0.3 is 15.4 Å². The second kappa shape index (κ2) is 10.2. The average Bonchev–Trinajstić information content (AvgIpc) is 2.66. The highest BCUT2D eigenvalue weighted by Gasteiger charge is 2.27. The van der Waals surface area contributed by atoms with E-state index in [4.69, 9.17) is 28.6 Å². The van der Waals surface area contributed by atoms with Gasteiger partial charge in [-0.1, -0.05) is 43.7 Å². The van der Waals surface area contributed by atoms with Crippen LogP contribution in [0.25, 0.3) is 0 Å². The number of hydrogen-bond donors (Lipinski definition) is 2. The molecule has 1 saturated heterocycles. The van der Waals surface area contributed by atoms with Crippen molar-refractivity contribution >= 4 is 44.6 Å². The first-order valence-electron chi connectivity index (χ1n) is 9.92. The standard InChI is InChI=1S/C19H28ClN3O3S2/c20-17-9-8-16(28(24,25)23-10-12-26-13-11-23)14-18(17)22-19(27)21-15-6-4-2-1-3-5-7-15/h8-9,14-15H,1-7,10-13H2,(H2,21,22,27). The quantitative estimate of drug-likeness (QED) is 0.687. The van der Waals surface area contributed by atoms with E-state index in [2.05, 4.69) is 10.6 Å². The number of nitrogens with one attached hydrogen (secondary N) is 2. The number of morpholine rings is 1. The number of thiocarbonyl (C=S) groups is 1. The van der Waals surface area contributed by atoms with Gasteiger partial charge in [-0.05, 0) is 43.3 Å². The summed E-state index contributed by atoms with van der Waals surface area (Å²) in [6, 6.07) is 5.03. The van der Waals surface area contributed by atoms with Crippen LogP contribution in [0.5, 0.6) is 0 Å². The molecule has 3 rings (SSSR count). The Balaban J connectivity index is 1.68. The Kier molecular flexibility index (Phi) is 7.93. The lowest BCUT2D eigenvalue weighted by molar-refractivity contribution is 0.0730. The zero-order valence-corrected chi connectivity index (χ0v) is 18.3. The van der Waals surface area contributed by atoms with Gasteiger partial charge in [0.15, 0.2) is 5.11 Å². The van der Waals surface area contributed by atoms with Crippen molar-refractivity contribution in [2.24, 2.45) is 0 Å². The molecule has 0 atom stereocenters. The Morgan fingerprint density at radius 3 is 2.43 bits per heavy atom. The first kappa shape index (κ1) is 21.8. The lowest BCUT2D eigenvalue weighted by Gasteiger charge is -2.26. The molecule has 0 spiro atoms. The van der Waals surface area contributed by atoms with E-state index < -0.39 is 10.0 Å². The van der Waals surface area contributed by atoms with E-state index >= 15 is 0 Å². The summed E-state index contributed by atoms with van der Waals surface area (Å²) < 4.78 is 32.4. The number of benzene rings is 1. The van der Waals surface area contributed by atoms with E-state index in [1.165, 1.54) is 42.5 Å². The molecule has 0 bridgehead atoms. The number of ether oxygens (including phenoxy) is 1. The van der Waals surface area contributed by atoms with Gasteiger partial charge in [0.2, 0.25) is 10.0 Å². The van der Waals surface area contributed by atoms with Crippen LogP contribution in [0.3, 0.4) is 0 Å². The second-order valence-corrected chi connectivity index (χ2v) is 10.1. The zero-order chi connectivity index (χ0) is 20.0. The van der Waals surface area contributed by atoms with Crippen molar-refractivity contribution < 1.29 is 13.2 Å². The molecular weight excluding hydrogens is 418 g/mol. The molecule has 0 unspecified atom stereocenters. The number of rotatable bonds is 4. The largest absolute Gasteiger partial charge is 0.379 e. The maximum Gasteiger partial charge on any atom is 0.243 e. The van der Waals surface area contributed by atoms with E-state index in [-0.39, 0.29) is 4.90 Å². The van der Waals surface area contributed by atoms with Gasteiger partial charge >= 0.3 is 0 Å². The SMILES string of the molecule is O=S(=O)(c1ccc(Cl)c(NC(=S)NC2CCCCCCC2)c1)N1CCOCC1. The number of hydrogen-bond acceptors (Lipinski definition) is 4. The van der Waals surface area contributed by atoms with E-state index in [1.807, 2.05) is 0 Å². The smallest absolute Gasteiger partial charge is 0.243 e. The average molecular weight is 446 g/mol. The topological polar surface area (TPSA) is 70.7 Å². The molecule has 6 nitrogen and oxygen atoms in total. The van der Waals surface area contributed by atoms with Gasteiger partial charge in [0.05, 0.1) is 28.8 Å². The van der Waals surface area contributed by atoms with Crippen molar-refractivity contribution in [1.82, 2.24) is 9.62 Å². The van der Waals surface area contributed by atoms with Gasteiger partial charge in [-0.15, -0.1) is 0 Å². The van der Waals surface area contributed by atoms with Crippen molar-refractivity contribution in [3.05, 3.63) is 23.2 Å². The highest BCUT2D eigenvalue weighted by atomic mass is 35.5. The number of nitrogens with zero attached hydrogens (tertiary/aromatic N) is 1. The minimum atomic E-state index is -3.58. The second-order valence-electron chi connectivity index (χ2n) is 7.30. The number of sulfonamides is 1. The minimum absolute atomic E-state index is 0.204. The predicted molar refractivity (Wildman–Crippen MR) is 116 cm³/mol. The van der Waals surface area contributed by atoms with E-state index in [1.54, 1.807) is 12.1 Å². The Bertz CT molecular complexity index is 775. The fourth-order valence-corrected chi connectivity index (χ4v) is 5.52. The molecule has 1 heterocycles. The highest BCUT2D eigenvalue weighted by Crippen LogP contribution is 2.27. The molecule has 2 aliphatic rings. The van der Waals surface area contributed by atoms with Crippen molar-refractivity contribution in [3.8, 4) is 0 Å². The molecule has 0 amide bonds. The van der Waals surface area contributed by atoms with Crippen molar-refractivity contribution in [2.45, 2.75) is 55.9 Å². The summed E-state index contributed by atoms with van der Waals surface area (Å²) in [7, 11) is -3.58. The van der Waals surface area contributed by atoms with Gasteiger partial charge in [0.1, 0.15) is 0 Å². The summed E-state index contributed by atoms with van der Waals surface area (Å²) in [5, 5.41) is 7.37. The van der Waals surface area contributed by atoms with Gasteiger partial charge in [0, 0.05) is 19.1 Å². The Hall–Kier alpha value is -0.930. The van der Waals surface area contributed by atoms with Gasteiger partial charge in [0.25, 0.3) is 0 Å². The van der Waals surface area contributed by atoms with Crippen LogP contribution in [0.2, 0.25) is 5.02 Å². The van der Waals surface area contributed by atoms with E-state index in [9.17, 15) is 8.42 Å². The van der Waals surface area contributed by atoms with Crippen LogP contribution in [0, 0.1) is 0 Å². The van der Waals surface area contributed by atoms with Gasteiger partial charge in [-0.3, -0.25) is 0 Å². The van der Waals surface area contributed by atoms with Crippen LogP contribution < -0.4 is 10.6 Å². The lowest BCUT2D eigenvalue weighted by Crippen LogP contribution is -2.40. The molecule has 156 valence electrons. The maximum absolute atomic E-state index is 12.9. The molecule has 0 aromatic heterocycles. The normalized spacial score (nSPS) is 20.2. The molecule has 1 aliphatic carbocycles. The van der Waals surface area contributed by atoms with Crippen molar-refractivity contribution in [2.75, 3.05) is 31.6 Å². The third-order valence-electron chi connectivity index (χ3n) is 5.23. The Labute approximate surface area is 178 Å². The molecule has 9 heteroatoms. The summed E-state index contributed by atoms with van der Waals surface area (Å²) in [6.07, 6.45) is 8.46. The van der Waals surface area contributed by atoms with Crippen LogP contribution in [-0.2, 0) is 14.8 Å². The van der Waals surface area contributed by atoms with E-state index in [0.717, 1.165) is 12.8 Å². The number of anilines is 1. The van der Waals surface area contributed by atoms with Crippen molar-refractivity contribution in [1.29, 1.82) is 0 Å². The Morgan fingerprint density at radius 1 is 1.11 bits per heavy atom. The fraction of sp³-hybridized carbons (Fsp3) is 0.632. The fourth-order valence-electron chi connectivity index (χ4n) is 3.64. The number of halogens is 1. The third kappa shape index (κ3) is 5.79. The predicted octanol–water partition coefficient (Wildman–Crippen LogP) is 3.76. The molecule has 2 fully saturated rings. The van der Waals surface area contributed by atoms with Crippen LogP contribution in [0.1, 0.15) is 44.9 Å². The van der Waals surface area contributed by atoms with Gasteiger partial charge in [-0.25, -0.2) is 8.42 Å². The first-order valence-corrected chi connectivity index (χ1v) is 12.1. The summed E-state index contributed by atoms with van der Waals surface area (Å²) >= 11 is 11.7. The molecule has 1 aliphatic heterocycles. The summed E-state index contributed by atoms with van der Waals surface area (Å²) in [5.74, 6) is 0. The van der Waals surface area contributed by atoms with Crippen LogP contribution in [0.15, 0.2) is 23.1 Å². The molecule has 28 heavy (non-hydrogen) atoms. The van der Waals surface area contributed by atoms with Crippen molar-refractivity contribution in [3.63, 3.8) is 0 Å². The maximum atomic E-state index is 12.9. The van der Waals surface area contributed by atoms with Crippen LogP contribution in [0.4, 0.5) is 5.69 Å². The molecule has 1 saturated carbocycles. The van der Waals surface area contributed by atoms with E-state index in [0.29, 0.717) is 48.2 Å². The summed E-state index contributed by atoms with van der Waals surface area (Å²) in [6.45, 7) is 1.53. The zero-order valence-electron chi connectivity index (χ0n) is 16.0. The lowest BCUT2D eigenvalue weighted by atomic mass is 9.97. The molecule has 1 aromatic carbocycles. The summed E-state index contributed by atoms with van der Waals surface area (Å²) in [5.41, 5.74) is 0.499. The van der Waals surface area contributed by atoms with Crippen LogP contribution in [-0.4, -0.2) is 50.2 Å². The molecular formula is C19H28ClN3O3S2. The Morgan fingerprint density at radius 2 is 1.75 bits per heavy atom. The molecule has 2 N–H and O–H groups in total. The molecule has 1 aromatic rings. The molecule has 0 radical (unpaired) electrons. The monoisotopic (exact) mass is 445 g/mol.